The molecule has 5 fully saturated rings. The predicted molar refractivity (Wildman–Crippen MR) is 139 cm³/mol. The van der Waals surface area contributed by atoms with Gasteiger partial charge in [-0.15, -0.1) is 4.91 Å². The van der Waals surface area contributed by atoms with Gasteiger partial charge in [0.25, 0.3) is 0 Å². The van der Waals surface area contributed by atoms with Crippen LogP contribution in [0.5, 0.6) is 0 Å². The average molecular weight is 508 g/mol. The van der Waals surface area contributed by atoms with E-state index in [0.717, 1.165) is 25.7 Å². The molecule has 0 N–H and O–H groups in total. The second-order valence-corrected chi connectivity index (χ2v) is 19.8. The van der Waals surface area contributed by atoms with Crippen LogP contribution in [-0.2, 0) is 18.7 Å². The molecule has 4 saturated carbocycles. The van der Waals surface area contributed by atoms with E-state index >= 15 is 0 Å². The molecule has 5 aliphatic rings. The van der Waals surface area contributed by atoms with Crippen molar-refractivity contribution in [3.63, 3.8) is 0 Å². The van der Waals surface area contributed by atoms with Crippen LogP contribution >= 0.6 is 0 Å². The third kappa shape index (κ3) is 3.88. The molecule has 8 unspecified atom stereocenters. The molecule has 0 aromatic heterocycles. The lowest BCUT2D eigenvalue weighted by atomic mass is 9.43. The van der Waals surface area contributed by atoms with Gasteiger partial charge in [0.15, 0.2) is 19.4 Å². The van der Waals surface area contributed by atoms with Crippen LogP contribution in [-0.4, -0.2) is 38.5 Å². The number of fused-ring (bicyclic) bond motifs is 8. The first-order valence-corrected chi connectivity index (χ1v) is 17.1. The molecule has 0 aromatic rings. The summed E-state index contributed by atoms with van der Waals surface area (Å²) in [5.41, 5.74) is 0.00741. The molecule has 4 aliphatic carbocycles. The van der Waals surface area contributed by atoms with Crippen LogP contribution in [0.1, 0.15) is 93.4 Å². The highest BCUT2D eigenvalue weighted by Crippen LogP contribution is 2.69. The highest BCUT2D eigenvalue weighted by molar-refractivity contribution is 6.74. The van der Waals surface area contributed by atoms with Gasteiger partial charge in [-0.3, -0.25) is 0 Å². The molecule has 1 saturated heterocycles. The Labute approximate surface area is 213 Å². The number of ether oxygens (including phenoxy) is 2. The summed E-state index contributed by atoms with van der Waals surface area (Å²) in [5, 5.41) is 3.22. The van der Waals surface area contributed by atoms with Gasteiger partial charge in [-0.1, -0.05) is 47.5 Å². The summed E-state index contributed by atoms with van der Waals surface area (Å²) < 4.78 is 20.6. The first-order valence-electron chi connectivity index (χ1n) is 14.2. The number of rotatable bonds is 4. The first kappa shape index (κ1) is 26.1. The van der Waals surface area contributed by atoms with E-state index in [1.807, 2.05) is 0 Å². The SMILES string of the molecule is CC1(C)OC2C(O1)C1CCCC[C@]1(C)C1C(ON=O)C[C@]3(C)C(O[Si](C)(C)C(C)(C)C)CCC3C21. The lowest BCUT2D eigenvalue weighted by Crippen LogP contribution is -2.66. The van der Waals surface area contributed by atoms with Crippen LogP contribution < -0.4 is 0 Å². The van der Waals surface area contributed by atoms with E-state index in [4.69, 9.17) is 18.7 Å². The normalized spacial score (nSPS) is 48.9. The van der Waals surface area contributed by atoms with Gasteiger partial charge in [-0.25, -0.2) is 0 Å². The molecule has 7 heteroatoms. The third-order valence-electron chi connectivity index (χ3n) is 11.7. The second-order valence-electron chi connectivity index (χ2n) is 15.0. The number of nitrogens with zero attached hydrogens (tertiary/aromatic N) is 1. The Morgan fingerprint density at radius 3 is 2.26 bits per heavy atom. The summed E-state index contributed by atoms with van der Waals surface area (Å²) in [6.07, 6.45) is 8.00. The minimum atomic E-state index is -1.95. The zero-order chi connectivity index (χ0) is 25.6. The Balaban J connectivity index is 1.57. The van der Waals surface area contributed by atoms with E-state index in [-0.39, 0.29) is 46.2 Å². The Hall–Kier alpha value is -0.503. The molecular weight excluding hydrogens is 458 g/mol. The largest absolute Gasteiger partial charge is 0.413 e. The van der Waals surface area contributed by atoms with E-state index < -0.39 is 14.1 Å². The molecule has 0 bridgehead atoms. The van der Waals surface area contributed by atoms with Crippen molar-refractivity contribution >= 4 is 8.32 Å². The fourth-order valence-corrected chi connectivity index (χ4v) is 10.6. The summed E-state index contributed by atoms with van der Waals surface area (Å²) in [7, 11) is -1.95. The van der Waals surface area contributed by atoms with Gasteiger partial charge in [0.1, 0.15) is 6.10 Å². The topological polar surface area (TPSA) is 66.3 Å². The molecule has 1 aliphatic heterocycles. The van der Waals surface area contributed by atoms with Gasteiger partial charge in [0.05, 0.1) is 18.3 Å². The van der Waals surface area contributed by atoms with Crippen LogP contribution in [0.2, 0.25) is 18.1 Å². The van der Waals surface area contributed by atoms with Crippen LogP contribution in [0.4, 0.5) is 0 Å². The molecule has 0 amide bonds. The van der Waals surface area contributed by atoms with Crippen molar-refractivity contribution in [2.24, 2.45) is 39.8 Å². The van der Waals surface area contributed by atoms with E-state index in [2.05, 4.69) is 66.9 Å². The Bertz CT molecular complexity index is 842. The van der Waals surface area contributed by atoms with E-state index in [1.54, 1.807) is 0 Å². The molecule has 0 radical (unpaired) electrons. The van der Waals surface area contributed by atoms with Crippen molar-refractivity contribution in [1.29, 1.82) is 0 Å². The third-order valence-corrected chi connectivity index (χ3v) is 16.2. The van der Waals surface area contributed by atoms with Crippen molar-refractivity contribution in [2.75, 3.05) is 0 Å². The van der Waals surface area contributed by atoms with Crippen LogP contribution in [0, 0.1) is 39.4 Å². The lowest BCUT2D eigenvalue weighted by molar-refractivity contribution is -0.230. The van der Waals surface area contributed by atoms with Gasteiger partial charge in [-0.2, -0.15) is 0 Å². The maximum absolute atomic E-state index is 11.6. The molecule has 0 aromatic carbocycles. The zero-order valence-corrected chi connectivity index (χ0v) is 24.6. The smallest absolute Gasteiger partial charge is 0.192 e. The quantitative estimate of drug-likeness (QED) is 0.228. The summed E-state index contributed by atoms with van der Waals surface area (Å²) in [6, 6.07) is 0. The van der Waals surface area contributed by atoms with E-state index in [1.165, 1.54) is 19.3 Å². The van der Waals surface area contributed by atoms with Crippen LogP contribution in [0.15, 0.2) is 5.34 Å². The zero-order valence-electron chi connectivity index (χ0n) is 23.6. The highest BCUT2D eigenvalue weighted by Gasteiger charge is 2.71. The lowest BCUT2D eigenvalue weighted by Gasteiger charge is -2.64. The molecule has 1 heterocycles. The van der Waals surface area contributed by atoms with Gasteiger partial charge in [0, 0.05) is 5.92 Å². The summed E-state index contributed by atoms with van der Waals surface area (Å²) >= 11 is 0. The van der Waals surface area contributed by atoms with Gasteiger partial charge in [-0.05, 0) is 92.7 Å². The van der Waals surface area contributed by atoms with Crippen molar-refractivity contribution in [3.05, 3.63) is 4.91 Å². The Morgan fingerprint density at radius 2 is 1.60 bits per heavy atom. The molecule has 0 spiro atoms. The fourth-order valence-electron chi connectivity index (χ4n) is 9.15. The Morgan fingerprint density at radius 1 is 0.914 bits per heavy atom. The summed E-state index contributed by atoms with van der Waals surface area (Å²) in [4.78, 5) is 17.4. The van der Waals surface area contributed by atoms with Crippen LogP contribution in [0.3, 0.4) is 0 Å². The molecule has 5 rings (SSSR count). The summed E-state index contributed by atoms with van der Waals surface area (Å²) in [5.74, 6) is 0.879. The average Bonchev–Trinajstić information content (AvgIpc) is 3.22. The standard InChI is InChI=1S/C28H49NO5Si/c1-25(2,3)35(8,9)34-20-14-13-17-21-22(19(33-29-30)16-28(17,20)7)27(6)15-11-10-12-18(27)23-24(21)32-26(4,5)31-23/h17-24H,10-16H2,1-9H3/t17?,18?,19?,20?,21?,22?,23?,24?,27-,28-/m0/s1. The van der Waals surface area contributed by atoms with Crippen molar-refractivity contribution < 1.29 is 18.7 Å². The van der Waals surface area contributed by atoms with E-state index in [9.17, 15) is 4.91 Å². The highest BCUT2D eigenvalue weighted by atomic mass is 28.4. The molecule has 200 valence electrons. The molecular formula is C28H49NO5Si. The number of hydrogen-bond acceptors (Lipinski definition) is 6. The monoisotopic (exact) mass is 507 g/mol. The molecule has 10 atom stereocenters. The second kappa shape index (κ2) is 8.25. The number of hydrogen-bond donors (Lipinski definition) is 0. The van der Waals surface area contributed by atoms with E-state index in [0.29, 0.717) is 17.8 Å². The maximum atomic E-state index is 11.6. The first-order chi connectivity index (χ1) is 16.1. The van der Waals surface area contributed by atoms with Gasteiger partial charge < -0.3 is 18.7 Å². The molecule has 6 nitrogen and oxygen atoms in total. The maximum Gasteiger partial charge on any atom is 0.192 e. The minimum Gasteiger partial charge on any atom is -0.413 e. The molecule has 35 heavy (non-hydrogen) atoms. The Kier molecular flexibility index (Phi) is 6.15. The van der Waals surface area contributed by atoms with Crippen LogP contribution in [0.25, 0.3) is 0 Å². The summed E-state index contributed by atoms with van der Waals surface area (Å²) in [6.45, 7) is 20.7. The van der Waals surface area contributed by atoms with Gasteiger partial charge >= 0.3 is 0 Å². The van der Waals surface area contributed by atoms with Gasteiger partial charge in [0.2, 0.25) is 0 Å². The van der Waals surface area contributed by atoms with Crippen molar-refractivity contribution in [1.82, 2.24) is 0 Å². The minimum absolute atomic E-state index is 0.0418. The van der Waals surface area contributed by atoms with Crippen molar-refractivity contribution in [3.8, 4) is 0 Å². The predicted octanol–water partition coefficient (Wildman–Crippen LogP) is 7.23. The fraction of sp³-hybridized carbons (Fsp3) is 1.00. The van der Waals surface area contributed by atoms with Crippen molar-refractivity contribution in [2.45, 2.75) is 142 Å².